The third-order valence-electron chi connectivity index (χ3n) is 6.56. The summed E-state index contributed by atoms with van der Waals surface area (Å²) in [5.41, 5.74) is 5.11. The van der Waals surface area contributed by atoms with E-state index >= 15 is 0 Å². The van der Waals surface area contributed by atoms with E-state index in [0.29, 0.717) is 30.5 Å². The number of ether oxygens (including phenoxy) is 2. The summed E-state index contributed by atoms with van der Waals surface area (Å²) in [6, 6.07) is 24.2. The zero-order chi connectivity index (χ0) is 27.9. The Morgan fingerprint density at radius 3 is 1.62 bits per heavy atom. The standard InChI is InChI=1S/C32H28O7/c1-3-20(2)18-38-30-28(22-4-8-24(9-5-22)31(34)35)16-26(21-12-14-27(15-13-21)39-19-33)17-29(30)23-6-10-25(11-7-23)32(36)37/h4-17,19-20H,3,18H2,1-2H3,(H,34,35)(H,36,37)/t20-/m1/s1. The molecule has 0 aliphatic carbocycles. The number of carbonyl (C=O) groups excluding carboxylic acids is 1. The van der Waals surface area contributed by atoms with Crippen LogP contribution in [0, 0.1) is 5.92 Å². The van der Waals surface area contributed by atoms with Crippen molar-refractivity contribution in [2.75, 3.05) is 6.61 Å². The molecule has 0 spiro atoms. The van der Waals surface area contributed by atoms with Crippen LogP contribution in [0.25, 0.3) is 33.4 Å². The van der Waals surface area contributed by atoms with Crippen molar-refractivity contribution in [1.82, 2.24) is 0 Å². The van der Waals surface area contributed by atoms with E-state index < -0.39 is 11.9 Å². The number of benzene rings is 4. The lowest BCUT2D eigenvalue weighted by Gasteiger charge is -2.21. The Morgan fingerprint density at radius 1 is 0.744 bits per heavy atom. The molecule has 7 heteroatoms. The van der Waals surface area contributed by atoms with Gasteiger partial charge in [-0.05, 0) is 76.7 Å². The van der Waals surface area contributed by atoms with Crippen molar-refractivity contribution >= 4 is 18.4 Å². The van der Waals surface area contributed by atoms with E-state index in [4.69, 9.17) is 9.47 Å². The smallest absolute Gasteiger partial charge is 0.335 e. The largest absolute Gasteiger partial charge is 0.492 e. The summed E-state index contributed by atoms with van der Waals surface area (Å²) in [5.74, 6) is -0.706. The van der Waals surface area contributed by atoms with Crippen LogP contribution in [0.4, 0.5) is 0 Å². The maximum Gasteiger partial charge on any atom is 0.335 e. The lowest BCUT2D eigenvalue weighted by molar-refractivity contribution is -0.120. The Morgan fingerprint density at radius 2 is 1.21 bits per heavy atom. The van der Waals surface area contributed by atoms with E-state index in [2.05, 4.69) is 13.8 Å². The van der Waals surface area contributed by atoms with Crippen LogP contribution in [-0.4, -0.2) is 35.2 Å². The molecule has 0 bridgehead atoms. The zero-order valence-electron chi connectivity index (χ0n) is 21.6. The molecule has 7 nitrogen and oxygen atoms in total. The second-order valence-electron chi connectivity index (χ2n) is 9.23. The number of rotatable bonds is 11. The first kappa shape index (κ1) is 27.1. The molecule has 0 aliphatic rings. The van der Waals surface area contributed by atoms with Crippen LogP contribution in [0.1, 0.15) is 41.0 Å². The minimum absolute atomic E-state index is 0.173. The summed E-state index contributed by atoms with van der Waals surface area (Å²) >= 11 is 0. The molecule has 0 fully saturated rings. The lowest BCUT2D eigenvalue weighted by Crippen LogP contribution is -2.09. The van der Waals surface area contributed by atoms with Crippen LogP contribution in [-0.2, 0) is 4.79 Å². The average Bonchev–Trinajstić information content (AvgIpc) is 2.96. The van der Waals surface area contributed by atoms with Gasteiger partial charge < -0.3 is 19.7 Å². The van der Waals surface area contributed by atoms with Gasteiger partial charge in [-0.25, -0.2) is 9.59 Å². The predicted molar refractivity (Wildman–Crippen MR) is 148 cm³/mol. The van der Waals surface area contributed by atoms with Gasteiger partial charge in [0.2, 0.25) is 0 Å². The van der Waals surface area contributed by atoms with Gasteiger partial charge in [0.25, 0.3) is 6.47 Å². The first-order chi connectivity index (χ1) is 18.8. The van der Waals surface area contributed by atoms with Crippen molar-refractivity contribution in [3.05, 3.63) is 96.1 Å². The fourth-order valence-electron chi connectivity index (χ4n) is 4.09. The van der Waals surface area contributed by atoms with Crippen molar-refractivity contribution in [3.63, 3.8) is 0 Å². The van der Waals surface area contributed by atoms with E-state index in [1.54, 1.807) is 60.7 Å². The number of aromatic carboxylic acids is 2. The van der Waals surface area contributed by atoms with Crippen LogP contribution in [0.5, 0.6) is 11.5 Å². The molecule has 0 saturated heterocycles. The summed E-state index contributed by atoms with van der Waals surface area (Å²) in [6.45, 7) is 5.02. The van der Waals surface area contributed by atoms with Gasteiger partial charge >= 0.3 is 11.9 Å². The van der Waals surface area contributed by atoms with Crippen LogP contribution in [0.15, 0.2) is 84.9 Å². The third-order valence-corrected chi connectivity index (χ3v) is 6.56. The summed E-state index contributed by atoms with van der Waals surface area (Å²) in [7, 11) is 0. The third kappa shape index (κ3) is 6.33. The fraction of sp³-hybridized carbons (Fsp3) is 0.156. The number of hydrogen-bond acceptors (Lipinski definition) is 5. The Balaban J connectivity index is 1.95. The first-order valence-corrected chi connectivity index (χ1v) is 12.5. The SMILES string of the molecule is CC[C@@H](C)COc1c(-c2ccc(C(=O)O)cc2)cc(-c2ccc(OC=O)cc2)cc1-c1ccc(C(=O)O)cc1. The molecule has 0 saturated carbocycles. The lowest BCUT2D eigenvalue weighted by atomic mass is 9.91. The molecule has 39 heavy (non-hydrogen) atoms. The average molecular weight is 525 g/mol. The van der Waals surface area contributed by atoms with Crippen molar-refractivity contribution in [1.29, 1.82) is 0 Å². The highest BCUT2D eigenvalue weighted by Crippen LogP contribution is 2.43. The molecule has 0 unspecified atom stereocenters. The Hall–Kier alpha value is -4.91. The number of carbonyl (C=O) groups is 3. The van der Waals surface area contributed by atoms with Gasteiger partial charge in [-0.15, -0.1) is 0 Å². The molecule has 1 atom stereocenters. The van der Waals surface area contributed by atoms with Crippen molar-refractivity contribution in [2.24, 2.45) is 5.92 Å². The van der Waals surface area contributed by atoms with E-state index in [0.717, 1.165) is 39.8 Å². The van der Waals surface area contributed by atoms with Crippen LogP contribution in [0.3, 0.4) is 0 Å². The van der Waals surface area contributed by atoms with Gasteiger partial charge in [-0.2, -0.15) is 0 Å². The van der Waals surface area contributed by atoms with Crippen molar-refractivity contribution in [3.8, 4) is 44.9 Å². The second-order valence-corrected chi connectivity index (χ2v) is 9.23. The van der Waals surface area contributed by atoms with Gasteiger partial charge in [-0.1, -0.05) is 56.7 Å². The highest BCUT2D eigenvalue weighted by molar-refractivity contribution is 5.92. The minimum Gasteiger partial charge on any atom is -0.492 e. The summed E-state index contributed by atoms with van der Waals surface area (Å²) in [6.07, 6.45) is 0.929. The molecule has 4 aromatic rings. The molecule has 0 aromatic heterocycles. The van der Waals surface area contributed by atoms with E-state index in [9.17, 15) is 24.6 Å². The van der Waals surface area contributed by atoms with E-state index in [-0.39, 0.29) is 11.1 Å². The quantitative estimate of drug-likeness (QED) is 0.202. The summed E-state index contributed by atoms with van der Waals surface area (Å²) in [5, 5.41) is 18.8. The Bertz CT molecular complexity index is 1390. The normalized spacial score (nSPS) is 11.4. The predicted octanol–water partition coefficient (Wildman–Crippen LogP) is 7.04. The number of hydrogen-bond donors (Lipinski definition) is 2. The molecule has 4 rings (SSSR count). The van der Waals surface area contributed by atoms with Gasteiger partial charge in [0.1, 0.15) is 11.5 Å². The minimum atomic E-state index is -1.01. The molecule has 0 heterocycles. The Kier molecular flexibility index (Phi) is 8.41. The molecule has 4 aromatic carbocycles. The molecular weight excluding hydrogens is 496 g/mol. The van der Waals surface area contributed by atoms with Crippen molar-refractivity contribution < 1.29 is 34.1 Å². The molecular formula is C32H28O7. The van der Waals surface area contributed by atoms with Gasteiger partial charge in [0.15, 0.2) is 0 Å². The van der Waals surface area contributed by atoms with Gasteiger partial charge in [0.05, 0.1) is 17.7 Å². The molecule has 0 aliphatic heterocycles. The highest BCUT2D eigenvalue weighted by atomic mass is 16.5. The Labute approximate surface area is 226 Å². The molecule has 0 amide bonds. The topological polar surface area (TPSA) is 110 Å². The molecule has 0 radical (unpaired) electrons. The van der Waals surface area contributed by atoms with Crippen LogP contribution < -0.4 is 9.47 Å². The maximum atomic E-state index is 11.5. The van der Waals surface area contributed by atoms with Gasteiger partial charge in [0, 0.05) is 11.1 Å². The number of carboxylic acids is 2. The first-order valence-electron chi connectivity index (χ1n) is 12.5. The summed E-state index contributed by atoms with van der Waals surface area (Å²) in [4.78, 5) is 33.6. The highest BCUT2D eigenvalue weighted by Gasteiger charge is 2.19. The number of carboxylic acid groups (broad SMARTS) is 2. The summed E-state index contributed by atoms with van der Waals surface area (Å²) < 4.78 is 11.4. The fourth-order valence-corrected chi connectivity index (χ4v) is 4.09. The molecule has 2 N–H and O–H groups in total. The van der Waals surface area contributed by atoms with Gasteiger partial charge in [-0.3, -0.25) is 4.79 Å². The zero-order valence-corrected chi connectivity index (χ0v) is 21.6. The van der Waals surface area contributed by atoms with Crippen molar-refractivity contribution in [2.45, 2.75) is 20.3 Å². The van der Waals surface area contributed by atoms with E-state index in [1.807, 2.05) is 24.3 Å². The second kappa shape index (κ2) is 12.1. The molecule has 198 valence electrons. The van der Waals surface area contributed by atoms with Crippen LogP contribution >= 0.6 is 0 Å². The monoisotopic (exact) mass is 524 g/mol. The maximum absolute atomic E-state index is 11.5. The van der Waals surface area contributed by atoms with E-state index in [1.165, 1.54) is 0 Å². The van der Waals surface area contributed by atoms with Crippen LogP contribution in [0.2, 0.25) is 0 Å².